The van der Waals surface area contributed by atoms with Crippen molar-refractivity contribution in [3.63, 3.8) is 0 Å². The van der Waals surface area contributed by atoms with Gasteiger partial charge in [0.2, 0.25) is 5.43 Å². The maximum absolute atomic E-state index is 13.0. The van der Waals surface area contributed by atoms with E-state index in [2.05, 4.69) is 0 Å². The summed E-state index contributed by atoms with van der Waals surface area (Å²) in [6, 6.07) is 8.20. The molecule has 0 bridgehead atoms. The molecule has 1 atom stereocenters. The Morgan fingerprint density at radius 2 is 1.90 bits per heavy atom. The van der Waals surface area contributed by atoms with Gasteiger partial charge in [-0.05, 0) is 29.2 Å². The fourth-order valence-corrected chi connectivity index (χ4v) is 4.07. The van der Waals surface area contributed by atoms with Crippen molar-refractivity contribution >= 4 is 40.1 Å². The number of aromatic nitrogens is 1. The number of rotatable bonds is 7. The average Bonchev–Trinajstić information content (AvgIpc) is 2.72. The number of benzene rings is 2. The van der Waals surface area contributed by atoms with Gasteiger partial charge in [-0.1, -0.05) is 49.2 Å². The van der Waals surface area contributed by atoms with E-state index < -0.39 is 17.4 Å². The van der Waals surface area contributed by atoms with Gasteiger partial charge in [-0.15, -0.1) is 0 Å². The summed E-state index contributed by atoms with van der Waals surface area (Å²) in [6.07, 6.45) is 1.63. The Morgan fingerprint density at radius 1 is 1.19 bits per heavy atom. The molecule has 0 radical (unpaired) electrons. The van der Waals surface area contributed by atoms with E-state index in [1.165, 1.54) is 13.3 Å². The summed E-state index contributed by atoms with van der Waals surface area (Å²) in [4.78, 5) is 24.7. The Morgan fingerprint density at radius 3 is 2.48 bits per heavy atom. The highest BCUT2D eigenvalue weighted by atomic mass is 35.5. The van der Waals surface area contributed by atoms with Crippen LogP contribution < -0.4 is 10.2 Å². The zero-order valence-corrected chi connectivity index (χ0v) is 18.9. The second-order valence-corrected chi connectivity index (χ2v) is 8.43. The Bertz CT molecular complexity index is 1200. The highest BCUT2D eigenvalue weighted by Crippen LogP contribution is 2.33. The topological polar surface area (TPSA) is 88.8 Å². The molecule has 1 aromatic heterocycles. The normalized spacial score (nSPS) is 12.4. The van der Waals surface area contributed by atoms with Crippen LogP contribution in [0.15, 0.2) is 41.3 Å². The number of hydrogen-bond acceptors (Lipinski definition) is 4. The lowest BCUT2D eigenvalue weighted by Gasteiger charge is -2.25. The number of carboxylic acids is 1. The number of aromatic carboxylic acids is 1. The van der Waals surface area contributed by atoms with Gasteiger partial charge >= 0.3 is 5.97 Å². The first-order chi connectivity index (χ1) is 14.7. The minimum absolute atomic E-state index is 0.00622. The lowest BCUT2D eigenvalue weighted by Crippen LogP contribution is -2.25. The molecule has 1 heterocycles. The van der Waals surface area contributed by atoms with E-state index in [-0.39, 0.29) is 23.5 Å². The Balaban J connectivity index is 2.32. The maximum atomic E-state index is 13.0. The summed E-state index contributed by atoms with van der Waals surface area (Å²) in [5.74, 6) is -0.815. The largest absolute Gasteiger partial charge is 0.496 e. The minimum atomic E-state index is -1.32. The smallest absolute Gasteiger partial charge is 0.341 e. The van der Waals surface area contributed by atoms with Gasteiger partial charge in [0, 0.05) is 24.1 Å². The summed E-state index contributed by atoms with van der Waals surface area (Å²) < 4.78 is 7.21. The van der Waals surface area contributed by atoms with Crippen LogP contribution in [0.2, 0.25) is 10.0 Å². The zero-order valence-electron chi connectivity index (χ0n) is 17.4. The summed E-state index contributed by atoms with van der Waals surface area (Å²) in [5.41, 5.74) is 0.941. The molecule has 2 aromatic carbocycles. The molecule has 8 heteroatoms. The van der Waals surface area contributed by atoms with Crippen LogP contribution in [0.25, 0.3) is 10.9 Å². The van der Waals surface area contributed by atoms with E-state index >= 15 is 0 Å². The quantitative estimate of drug-likeness (QED) is 0.525. The third-order valence-electron chi connectivity index (χ3n) is 5.39. The van der Waals surface area contributed by atoms with Crippen molar-refractivity contribution in [2.24, 2.45) is 5.92 Å². The van der Waals surface area contributed by atoms with Crippen molar-refractivity contribution in [2.75, 3.05) is 13.7 Å². The predicted molar refractivity (Wildman–Crippen MR) is 122 cm³/mol. The summed E-state index contributed by atoms with van der Waals surface area (Å²) in [5, 5.41) is 20.6. The first kappa shape index (κ1) is 23.1. The minimum Gasteiger partial charge on any atom is -0.496 e. The molecule has 6 nitrogen and oxygen atoms in total. The maximum Gasteiger partial charge on any atom is 0.341 e. The van der Waals surface area contributed by atoms with E-state index in [0.29, 0.717) is 33.3 Å². The van der Waals surface area contributed by atoms with E-state index in [1.54, 1.807) is 28.8 Å². The van der Waals surface area contributed by atoms with E-state index in [0.717, 1.165) is 5.56 Å². The Kier molecular flexibility index (Phi) is 6.94. The fourth-order valence-electron chi connectivity index (χ4n) is 3.69. The van der Waals surface area contributed by atoms with Crippen LogP contribution in [-0.2, 0) is 6.42 Å². The van der Waals surface area contributed by atoms with Crippen LogP contribution in [0.3, 0.4) is 0 Å². The molecule has 3 rings (SSSR count). The van der Waals surface area contributed by atoms with E-state index in [4.69, 9.17) is 27.9 Å². The molecule has 164 valence electrons. The number of nitrogens with zero attached hydrogens (tertiary/aromatic N) is 1. The molecule has 0 aliphatic heterocycles. The number of pyridine rings is 1. The molecule has 2 N–H and O–H groups in total. The number of hydrogen-bond donors (Lipinski definition) is 2. The van der Waals surface area contributed by atoms with Crippen molar-refractivity contribution in [2.45, 2.75) is 26.3 Å². The van der Waals surface area contributed by atoms with Crippen molar-refractivity contribution < 1.29 is 19.7 Å². The molecule has 0 aliphatic rings. The van der Waals surface area contributed by atoms with Gasteiger partial charge in [0.25, 0.3) is 0 Å². The number of aliphatic hydroxyl groups excluding tert-OH is 1. The van der Waals surface area contributed by atoms with Crippen LogP contribution in [-0.4, -0.2) is 34.5 Å². The van der Waals surface area contributed by atoms with Gasteiger partial charge in [-0.2, -0.15) is 0 Å². The number of aliphatic hydroxyl groups is 1. The van der Waals surface area contributed by atoms with Gasteiger partial charge in [0.05, 0.1) is 35.3 Å². The summed E-state index contributed by atoms with van der Waals surface area (Å²) in [7, 11) is 1.52. The average molecular weight is 464 g/mol. The number of methoxy groups -OCH3 is 1. The van der Waals surface area contributed by atoms with Crippen molar-refractivity contribution in [1.29, 1.82) is 0 Å². The lowest BCUT2D eigenvalue weighted by atomic mass is 9.98. The van der Waals surface area contributed by atoms with Gasteiger partial charge in [-0.3, -0.25) is 4.79 Å². The second-order valence-electron chi connectivity index (χ2n) is 7.65. The highest BCUT2D eigenvalue weighted by molar-refractivity contribution is 6.42. The molecule has 31 heavy (non-hydrogen) atoms. The SMILES string of the molecule is COc1cc2c(cc1Cc1cccc(Cl)c1Cl)c(=O)c(C(=O)O)cn2C(CO)C(C)C. The zero-order chi connectivity index (χ0) is 22.9. The Hall–Kier alpha value is -2.54. The van der Waals surface area contributed by atoms with Crippen LogP contribution in [0.5, 0.6) is 5.75 Å². The molecule has 0 saturated heterocycles. The molecule has 1 unspecified atom stereocenters. The number of ether oxygens (including phenoxy) is 1. The molecule has 0 amide bonds. The number of fused-ring (bicyclic) bond motifs is 1. The molecular weight excluding hydrogens is 441 g/mol. The molecule has 0 saturated carbocycles. The summed E-state index contributed by atoms with van der Waals surface area (Å²) in [6.45, 7) is 3.62. The van der Waals surface area contributed by atoms with Gasteiger partial charge in [0.1, 0.15) is 11.3 Å². The second kappa shape index (κ2) is 9.30. The Labute approximate surface area is 189 Å². The lowest BCUT2D eigenvalue weighted by molar-refractivity contribution is 0.0694. The summed E-state index contributed by atoms with van der Waals surface area (Å²) >= 11 is 12.5. The van der Waals surface area contributed by atoms with E-state index in [1.807, 2.05) is 19.9 Å². The molecule has 0 fully saturated rings. The van der Waals surface area contributed by atoms with Crippen LogP contribution in [0.4, 0.5) is 0 Å². The third kappa shape index (κ3) is 4.42. The van der Waals surface area contributed by atoms with Crippen molar-refractivity contribution in [3.8, 4) is 5.75 Å². The molecular formula is C23H23Cl2NO5. The standard InChI is InChI=1S/C23H23Cl2NO5/c1-12(2)19(11-27)26-10-16(23(29)30)22(28)15-8-14(20(31-3)9-18(15)26)7-13-5-4-6-17(24)21(13)25/h4-6,8-10,12,19,27H,7,11H2,1-3H3,(H,29,30). The first-order valence-corrected chi connectivity index (χ1v) is 10.5. The number of carboxylic acid groups (broad SMARTS) is 1. The molecule has 3 aromatic rings. The van der Waals surface area contributed by atoms with Crippen LogP contribution in [0, 0.1) is 5.92 Å². The number of halogens is 2. The van der Waals surface area contributed by atoms with Crippen LogP contribution in [0.1, 0.15) is 41.4 Å². The third-order valence-corrected chi connectivity index (χ3v) is 6.25. The fraction of sp³-hybridized carbons (Fsp3) is 0.304. The van der Waals surface area contributed by atoms with Crippen molar-refractivity contribution in [1.82, 2.24) is 4.57 Å². The predicted octanol–water partition coefficient (Wildman–Crippen LogP) is 4.80. The molecule has 0 spiro atoms. The first-order valence-electron chi connectivity index (χ1n) is 9.72. The van der Waals surface area contributed by atoms with Gasteiger partial charge < -0.3 is 19.5 Å². The van der Waals surface area contributed by atoms with Crippen molar-refractivity contribution in [3.05, 3.63) is 73.5 Å². The van der Waals surface area contributed by atoms with E-state index in [9.17, 15) is 19.8 Å². The van der Waals surface area contributed by atoms with Crippen LogP contribution >= 0.6 is 23.2 Å². The number of carbonyl (C=O) groups is 1. The van der Waals surface area contributed by atoms with Gasteiger partial charge in [-0.25, -0.2) is 4.79 Å². The van der Waals surface area contributed by atoms with Gasteiger partial charge in [0.15, 0.2) is 0 Å². The highest BCUT2D eigenvalue weighted by Gasteiger charge is 2.23. The monoisotopic (exact) mass is 463 g/mol. The molecule has 0 aliphatic carbocycles.